The Bertz CT molecular complexity index is 794. The van der Waals surface area contributed by atoms with Crippen LogP contribution in [0.4, 0.5) is 0 Å². The first-order valence-electron chi connectivity index (χ1n) is 8.72. The fourth-order valence-electron chi connectivity index (χ4n) is 2.45. The van der Waals surface area contributed by atoms with Crippen LogP contribution in [0.3, 0.4) is 0 Å². The molecule has 0 aliphatic rings. The number of hydrogen-bond acceptors (Lipinski definition) is 7. The first kappa shape index (κ1) is 19.6. The molecule has 7 nitrogen and oxygen atoms in total. The molecule has 0 atom stereocenters. The van der Waals surface area contributed by atoms with Crippen LogP contribution in [0.25, 0.3) is 11.0 Å². The van der Waals surface area contributed by atoms with Crippen molar-refractivity contribution in [1.29, 1.82) is 0 Å². The molecule has 0 saturated carbocycles. The summed E-state index contributed by atoms with van der Waals surface area (Å²) in [6.45, 7) is 3.91. The Morgan fingerprint density at radius 3 is 2.65 bits per heavy atom. The van der Waals surface area contributed by atoms with Gasteiger partial charge in [0.1, 0.15) is 13.2 Å². The summed E-state index contributed by atoms with van der Waals surface area (Å²) in [5, 5.41) is 10.7. The SMILES string of the molecule is CCCCCCOc1c(O)c2cccc(OCCOC(C)=O)c2oc1=O. The molecule has 0 radical (unpaired) electrons. The normalized spacial score (nSPS) is 10.7. The number of aromatic hydroxyl groups is 1. The summed E-state index contributed by atoms with van der Waals surface area (Å²) in [7, 11) is 0. The summed E-state index contributed by atoms with van der Waals surface area (Å²) >= 11 is 0. The summed E-state index contributed by atoms with van der Waals surface area (Å²) in [4.78, 5) is 22.9. The van der Waals surface area contributed by atoms with Gasteiger partial charge in [0.2, 0.25) is 5.75 Å². The van der Waals surface area contributed by atoms with Crippen molar-refractivity contribution in [1.82, 2.24) is 0 Å². The van der Waals surface area contributed by atoms with Crippen LogP contribution in [0.5, 0.6) is 17.2 Å². The second-order valence-corrected chi connectivity index (χ2v) is 5.80. The third-order valence-electron chi connectivity index (χ3n) is 3.72. The number of fused-ring (bicyclic) bond motifs is 1. The molecule has 2 rings (SSSR count). The molecule has 0 aliphatic carbocycles. The first-order chi connectivity index (χ1) is 12.5. The summed E-state index contributed by atoms with van der Waals surface area (Å²) in [6, 6.07) is 4.87. The third-order valence-corrected chi connectivity index (χ3v) is 3.72. The van der Waals surface area contributed by atoms with E-state index in [1.807, 2.05) is 0 Å². The predicted octanol–water partition coefficient (Wildman–Crippen LogP) is 3.40. The number of hydrogen-bond donors (Lipinski definition) is 1. The lowest BCUT2D eigenvalue weighted by atomic mass is 10.2. The highest BCUT2D eigenvalue weighted by Crippen LogP contribution is 2.35. The van der Waals surface area contributed by atoms with Crippen LogP contribution >= 0.6 is 0 Å². The van der Waals surface area contributed by atoms with Gasteiger partial charge >= 0.3 is 11.6 Å². The van der Waals surface area contributed by atoms with Gasteiger partial charge in [-0.25, -0.2) is 4.79 Å². The quantitative estimate of drug-likeness (QED) is 0.392. The average Bonchev–Trinajstić information content (AvgIpc) is 2.61. The first-order valence-corrected chi connectivity index (χ1v) is 8.72. The molecule has 7 heteroatoms. The fraction of sp³-hybridized carbons (Fsp3) is 0.474. The zero-order valence-corrected chi connectivity index (χ0v) is 15.1. The Labute approximate surface area is 151 Å². The molecule has 26 heavy (non-hydrogen) atoms. The second-order valence-electron chi connectivity index (χ2n) is 5.80. The van der Waals surface area contributed by atoms with Crippen molar-refractivity contribution >= 4 is 16.9 Å². The smallest absolute Gasteiger partial charge is 0.383 e. The maximum Gasteiger partial charge on any atom is 0.383 e. The van der Waals surface area contributed by atoms with E-state index in [4.69, 9.17) is 18.6 Å². The number of carbonyl (C=O) groups excluding carboxylic acids is 1. The summed E-state index contributed by atoms with van der Waals surface area (Å²) in [5.74, 6) is -0.587. The van der Waals surface area contributed by atoms with Crippen LogP contribution < -0.4 is 15.1 Å². The number of unbranched alkanes of at least 4 members (excludes halogenated alkanes) is 3. The Balaban J connectivity index is 2.15. The largest absolute Gasteiger partial charge is 0.504 e. The lowest BCUT2D eigenvalue weighted by Gasteiger charge is -2.11. The van der Waals surface area contributed by atoms with Crippen LogP contribution in [-0.4, -0.2) is 30.9 Å². The van der Waals surface area contributed by atoms with Gasteiger partial charge in [0.25, 0.3) is 0 Å². The van der Waals surface area contributed by atoms with Crippen molar-refractivity contribution in [2.45, 2.75) is 39.5 Å². The van der Waals surface area contributed by atoms with Crippen molar-refractivity contribution in [3.63, 3.8) is 0 Å². The number of ether oxygens (including phenoxy) is 3. The number of rotatable bonds is 10. The van der Waals surface area contributed by atoms with Crippen molar-refractivity contribution in [2.75, 3.05) is 19.8 Å². The van der Waals surface area contributed by atoms with E-state index >= 15 is 0 Å². The minimum absolute atomic E-state index is 0.0703. The van der Waals surface area contributed by atoms with Gasteiger partial charge in [-0.05, 0) is 18.6 Å². The molecule has 0 amide bonds. The van der Waals surface area contributed by atoms with Gasteiger partial charge in [0.05, 0.1) is 12.0 Å². The summed E-state index contributed by atoms with van der Waals surface area (Å²) in [6.07, 6.45) is 3.99. The van der Waals surface area contributed by atoms with Crippen LogP contribution in [0.1, 0.15) is 39.5 Å². The summed E-state index contributed by atoms with van der Waals surface area (Å²) < 4.78 is 21.0. The molecule has 142 valence electrons. The lowest BCUT2D eigenvalue weighted by molar-refractivity contribution is -0.141. The predicted molar refractivity (Wildman–Crippen MR) is 95.9 cm³/mol. The van der Waals surface area contributed by atoms with E-state index in [0.717, 1.165) is 25.7 Å². The van der Waals surface area contributed by atoms with E-state index < -0.39 is 11.6 Å². The molecule has 0 fully saturated rings. The molecule has 2 aromatic rings. The Morgan fingerprint density at radius 1 is 1.12 bits per heavy atom. The molecular weight excluding hydrogens is 340 g/mol. The monoisotopic (exact) mass is 364 g/mol. The molecular formula is C19H24O7. The van der Waals surface area contributed by atoms with E-state index in [-0.39, 0.29) is 36.0 Å². The fourth-order valence-corrected chi connectivity index (χ4v) is 2.45. The number of carbonyl (C=O) groups is 1. The number of benzene rings is 1. The van der Waals surface area contributed by atoms with Crippen LogP contribution in [-0.2, 0) is 9.53 Å². The highest BCUT2D eigenvalue weighted by molar-refractivity contribution is 5.89. The van der Waals surface area contributed by atoms with Gasteiger partial charge in [-0.15, -0.1) is 0 Å². The van der Waals surface area contributed by atoms with Gasteiger partial charge < -0.3 is 23.7 Å². The van der Waals surface area contributed by atoms with E-state index in [2.05, 4.69) is 6.92 Å². The van der Waals surface area contributed by atoms with E-state index in [9.17, 15) is 14.7 Å². The minimum Gasteiger partial charge on any atom is -0.504 e. The van der Waals surface area contributed by atoms with E-state index in [0.29, 0.717) is 12.0 Å². The van der Waals surface area contributed by atoms with Gasteiger partial charge in [-0.1, -0.05) is 32.3 Å². The van der Waals surface area contributed by atoms with Gasteiger partial charge in [-0.3, -0.25) is 4.79 Å². The van der Waals surface area contributed by atoms with Crippen molar-refractivity contribution < 1.29 is 28.5 Å². The maximum absolute atomic E-state index is 12.2. The number of para-hydroxylation sites is 1. The van der Waals surface area contributed by atoms with Crippen molar-refractivity contribution in [3.8, 4) is 17.2 Å². The number of esters is 1. The van der Waals surface area contributed by atoms with E-state index in [1.165, 1.54) is 6.92 Å². The average molecular weight is 364 g/mol. The molecule has 0 saturated heterocycles. The molecule has 0 aliphatic heterocycles. The van der Waals surface area contributed by atoms with Crippen LogP contribution in [0.15, 0.2) is 27.4 Å². The minimum atomic E-state index is -0.762. The van der Waals surface area contributed by atoms with Crippen LogP contribution in [0.2, 0.25) is 0 Å². The highest BCUT2D eigenvalue weighted by atomic mass is 16.6. The standard InChI is InChI=1S/C19H24O7/c1-3-4-5-6-10-25-18-16(21)14-8-7-9-15(17(14)26-19(18)22)24-12-11-23-13(2)20/h7-9,21H,3-6,10-12H2,1-2H3. The van der Waals surface area contributed by atoms with Crippen molar-refractivity contribution in [2.24, 2.45) is 0 Å². The van der Waals surface area contributed by atoms with E-state index in [1.54, 1.807) is 18.2 Å². The molecule has 0 unspecified atom stereocenters. The topological polar surface area (TPSA) is 95.2 Å². The third kappa shape index (κ3) is 5.15. The molecule has 0 bridgehead atoms. The van der Waals surface area contributed by atoms with Gasteiger partial charge in [0, 0.05) is 6.92 Å². The Hall–Kier alpha value is -2.70. The van der Waals surface area contributed by atoms with Gasteiger partial charge in [0.15, 0.2) is 17.1 Å². The molecule has 0 spiro atoms. The van der Waals surface area contributed by atoms with Crippen molar-refractivity contribution in [3.05, 3.63) is 28.6 Å². The second kappa shape index (κ2) is 9.70. The zero-order chi connectivity index (χ0) is 18.9. The molecule has 1 aromatic carbocycles. The Kier molecular flexibility index (Phi) is 7.32. The molecule has 1 aromatic heterocycles. The highest BCUT2D eigenvalue weighted by Gasteiger charge is 2.18. The molecule has 1 heterocycles. The lowest BCUT2D eigenvalue weighted by Crippen LogP contribution is -2.11. The zero-order valence-electron chi connectivity index (χ0n) is 15.1. The Morgan fingerprint density at radius 2 is 1.92 bits per heavy atom. The summed E-state index contributed by atoms with van der Waals surface area (Å²) in [5.41, 5.74) is -0.641. The van der Waals surface area contributed by atoms with Crippen LogP contribution in [0, 0.1) is 0 Å². The maximum atomic E-state index is 12.2. The van der Waals surface area contributed by atoms with Gasteiger partial charge in [-0.2, -0.15) is 0 Å². The molecule has 1 N–H and O–H groups in total.